The van der Waals surface area contributed by atoms with Crippen molar-refractivity contribution in [1.82, 2.24) is 14.8 Å². The Morgan fingerprint density at radius 2 is 1.87 bits per heavy atom. The monoisotopic (exact) mass is 476 g/mol. The summed E-state index contributed by atoms with van der Waals surface area (Å²) in [7, 11) is 0. The Morgan fingerprint density at radius 1 is 1.19 bits per heavy atom. The first-order valence-electron chi connectivity index (χ1n) is 9.48. The summed E-state index contributed by atoms with van der Waals surface area (Å²) in [6.45, 7) is 8.60. The molecule has 0 saturated heterocycles. The zero-order chi connectivity index (χ0) is 22.4. The molecule has 0 fully saturated rings. The molecule has 1 aromatic heterocycles. The molecule has 0 aliphatic carbocycles. The molecule has 2 aromatic carbocycles. The highest BCUT2D eigenvalue weighted by Gasteiger charge is 2.15. The van der Waals surface area contributed by atoms with Gasteiger partial charge in [-0.3, -0.25) is 9.36 Å². The van der Waals surface area contributed by atoms with Crippen molar-refractivity contribution >= 4 is 46.6 Å². The molecule has 1 amide bonds. The van der Waals surface area contributed by atoms with Gasteiger partial charge < -0.3 is 10.1 Å². The van der Waals surface area contributed by atoms with Gasteiger partial charge in [0.15, 0.2) is 11.0 Å². The van der Waals surface area contributed by atoms with Crippen LogP contribution in [0.2, 0.25) is 10.0 Å². The highest BCUT2D eigenvalue weighted by Crippen LogP contribution is 2.30. The standard InChI is InChI=1S/C22H22Cl2N4O2S/c1-4-8-28-19(12-30-16-10-14(2)9-15(3)11-16)26-27-22(28)31-13-20(29)25-21-17(23)6-5-7-18(21)24/h4-7,9-11H,1,8,12-13H2,2-3H3,(H,25,29). The molecule has 0 unspecified atom stereocenters. The summed E-state index contributed by atoms with van der Waals surface area (Å²) >= 11 is 13.5. The summed E-state index contributed by atoms with van der Waals surface area (Å²) in [5, 5.41) is 12.5. The number of benzene rings is 2. The number of carbonyl (C=O) groups is 1. The normalized spacial score (nSPS) is 10.7. The molecule has 0 atom stereocenters. The average Bonchev–Trinajstić information content (AvgIpc) is 3.09. The molecule has 1 heterocycles. The molecule has 0 saturated carbocycles. The number of nitrogens with zero attached hydrogens (tertiary/aromatic N) is 3. The van der Waals surface area contributed by atoms with Gasteiger partial charge in [-0.15, -0.1) is 16.8 Å². The van der Waals surface area contributed by atoms with E-state index in [1.54, 1.807) is 24.3 Å². The minimum absolute atomic E-state index is 0.120. The van der Waals surface area contributed by atoms with Gasteiger partial charge in [0.25, 0.3) is 0 Å². The van der Waals surface area contributed by atoms with Crippen LogP contribution in [0.15, 0.2) is 54.2 Å². The molecule has 6 nitrogen and oxygen atoms in total. The third-order valence-electron chi connectivity index (χ3n) is 4.23. The fourth-order valence-corrected chi connectivity index (χ4v) is 4.19. The van der Waals surface area contributed by atoms with E-state index in [1.165, 1.54) is 11.8 Å². The molecule has 0 aliphatic rings. The van der Waals surface area contributed by atoms with E-state index in [2.05, 4.69) is 28.2 Å². The van der Waals surface area contributed by atoms with Crippen LogP contribution in [-0.2, 0) is 17.9 Å². The molecule has 0 bridgehead atoms. The highest BCUT2D eigenvalue weighted by atomic mass is 35.5. The van der Waals surface area contributed by atoms with Crippen LogP contribution >= 0.6 is 35.0 Å². The lowest BCUT2D eigenvalue weighted by molar-refractivity contribution is -0.113. The number of halogens is 2. The summed E-state index contributed by atoms with van der Waals surface area (Å²) in [4.78, 5) is 12.4. The van der Waals surface area contributed by atoms with Gasteiger partial charge in [0, 0.05) is 6.54 Å². The number of rotatable bonds is 9. The Morgan fingerprint density at radius 3 is 2.52 bits per heavy atom. The Balaban J connectivity index is 1.65. The molecule has 0 spiro atoms. The van der Waals surface area contributed by atoms with E-state index in [4.69, 9.17) is 27.9 Å². The molecule has 3 rings (SSSR count). The molecule has 0 radical (unpaired) electrons. The van der Waals surface area contributed by atoms with Crippen molar-refractivity contribution in [2.24, 2.45) is 0 Å². The second-order valence-electron chi connectivity index (χ2n) is 6.84. The lowest BCUT2D eigenvalue weighted by Crippen LogP contribution is -2.15. The van der Waals surface area contributed by atoms with Gasteiger partial charge in [-0.25, -0.2) is 0 Å². The van der Waals surface area contributed by atoms with Gasteiger partial charge in [0.1, 0.15) is 12.4 Å². The topological polar surface area (TPSA) is 69.0 Å². The SMILES string of the molecule is C=CCn1c(COc2cc(C)cc(C)c2)nnc1SCC(=O)Nc1c(Cl)cccc1Cl. The largest absolute Gasteiger partial charge is 0.486 e. The van der Waals surface area contributed by atoms with Crippen LogP contribution < -0.4 is 10.1 Å². The van der Waals surface area contributed by atoms with Crippen molar-refractivity contribution in [1.29, 1.82) is 0 Å². The minimum Gasteiger partial charge on any atom is -0.486 e. The van der Waals surface area contributed by atoms with E-state index >= 15 is 0 Å². The van der Waals surface area contributed by atoms with Gasteiger partial charge >= 0.3 is 0 Å². The lowest BCUT2D eigenvalue weighted by atomic mass is 10.1. The van der Waals surface area contributed by atoms with Crippen LogP contribution in [-0.4, -0.2) is 26.4 Å². The average molecular weight is 477 g/mol. The van der Waals surface area contributed by atoms with E-state index < -0.39 is 0 Å². The van der Waals surface area contributed by atoms with E-state index in [1.807, 2.05) is 30.5 Å². The second-order valence-corrected chi connectivity index (χ2v) is 8.60. The van der Waals surface area contributed by atoms with E-state index in [9.17, 15) is 4.79 Å². The molecule has 1 N–H and O–H groups in total. The van der Waals surface area contributed by atoms with E-state index in [0.717, 1.165) is 16.9 Å². The number of thioether (sulfide) groups is 1. The summed E-state index contributed by atoms with van der Waals surface area (Å²) in [6, 6.07) is 11.1. The van der Waals surface area contributed by atoms with E-state index in [0.29, 0.717) is 33.3 Å². The Bertz CT molecular complexity index is 1060. The number of ether oxygens (including phenoxy) is 1. The Hall–Kier alpha value is -2.48. The molecule has 162 valence electrons. The number of hydrogen-bond acceptors (Lipinski definition) is 5. The van der Waals surface area contributed by atoms with Crippen LogP contribution in [0.1, 0.15) is 17.0 Å². The smallest absolute Gasteiger partial charge is 0.234 e. The van der Waals surface area contributed by atoms with Gasteiger partial charge in [0.2, 0.25) is 5.91 Å². The second kappa shape index (κ2) is 10.7. The first-order chi connectivity index (χ1) is 14.9. The van der Waals surface area contributed by atoms with Crippen LogP contribution in [0.3, 0.4) is 0 Å². The lowest BCUT2D eigenvalue weighted by Gasteiger charge is -2.11. The number of aryl methyl sites for hydroxylation is 2. The summed E-state index contributed by atoms with van der Waals surface area (Å²) in [6.07, 6.45) is 1.75. The zero-order valence-electron chi connectivity index (χ0n) is 17.2. The van der Waals surface area contributed by atoms with Crippen LogP contribution in [0.5, 0.6) is 5.75 Å². The van der Waals surface area contributed by atoms with Crippen molar-refractivity contribution in [3.63, 3.8) is 0 Å². The molecule has 31 heavy (non-hydrogen) atoms. The Kier molecular flexibility index (Phi) is 8.01. The van der Waals surface area contributed by atoms with Gasteiger partial charge in [-0.1, -0.05) is 53.2 Å². The fourth-order valence-electron chi connectivity index (χ4n) is 2.93. The van der Waals surface area contributed by atoms with Crippen molar-refractivity contribution in [3.05, 3.63) is 76.0 Å². The molecule has 3 aromatic rings. The number of aromatic nitrogens is 3. The third-order valence-corrected chi connectivity index (χ3v) is 5.82. The molecular weight excluding hydrogens is 455 g/mol. The van der Waals surface area contributed by atoms with Gasteiger partial charge in [-0.2, -0.15) is 0 Å². The number of para-hydroxylation sites is 1. The first-order valence-corrected chi connectivity index (χ1v) is 11.2. The summed E-state index contributed by atoms with van der Waals surface area (Å²) in [5.74, 6) is 1.29. The van der Waals surface area contributed by atoms with Crippen molar-refractivity contribution in [2.45, 2.75) is 32.2 Å². The summed E-state index contributed by atoms with van der Waals surface area (Å²) in [5.41, 5.74) is 2.65. The summed E-state index contributed by atoms with van der Waals surface area (Å²) < 4.78 is 7.78. The van der Waals surface area contributed by atoms with Crippen molar-refractivity contribution in [3.8, 4) is 5.75 Å². The number of amides is 1. The quantitative estimate of drug-likeness (QED) is 0.316. The molecule has 9 heteroatoms. The first kappa shape index (κ1) is 23.2. The van der Waals surface area contributed by atoms with Gasteiger partial charge in [0.05, 0.1) is 21.5 Å². The van der Waals surface area contributed by atoms with Crippen LogP contribution in [0.25, 0.3) is 0 Å². The molecular formula is C22H22Cl2N4O2S. The van der Waals surface area contributed by atoms with Crippen molar-refractivity contribution < 1.29 is 9.53 Å². The number of allylic oxidation sites excluding steroid dienone is 1. The van der Waals surface area contributed by atoms with Crippen LogP contribution in [0, 0.1) is 13.8 Å². The van der Waals surface area contributed by atoms with Crippen molar-refractivity contribution in [2.75, 3.05) is 11.1 Å². The number of anilines is 1. The zero-order valence-corrected chi connectivity index (χ0v) is 19.5. The van der Waals surface area contributed by atoms with E-state index in [-0.39, 0.29) is 18.3 Å². The number of carbonyl (C=O) groups excluding carboxylic acids is 1. The third kappa shape index (κ3) is 6.26. The highest BCUT2D eigenvalue weighted by molar-refractivity contribution is 7.99. The number of hydrogen-bond donors (Lipinski definition) is 1. The maximum atomic E-state index is 12.4. The maximum absolute atomic E-state index is 12.4. The van der Waals surface area contributed by atoms with Gasteiger partial charge in [-0.05, 0) is 49.2 Å². The van der Waals surface area contributed by atoms with Crippen LogP contribution in [0.4, 0.5) is 5.69 Å². The maximum Gasteiger partial charge on any atom is 0.234 e. The number of nitrogens with one attached hydrogen (secondary N) is 1. The predicted octanol–water partition coefficient (Wildman–Crippen LogP) is 5.70. The minimum atomic E-state index is -0.249. The fraction of sp³-hybridized carbons (Fsp3) is 0.227. The predicted molar refractivity (Wildman–Crippen MR) is 126 cm³/mol. The Labute approximate surface area is 195 Å². The molecule has 0 aliphatic heterocycles.